The Kier molecular flexibility index (Phi) is 3.81. The van der Waals surface area contributed by atoms with Gasteiger partial charge >= 0.3 is 0 Å². The zero-order valence-corrected chi connectivity index (χ0v) is 13.5. The molecule has 0 aliphatic carbocycles. The largest absolute Gasteiger partial charge is 0.349 e. The first-order chi connectivity index (χ1) is 11.7. The molecule has 2 aromatic rings. The highest BCUT2D eigenvalue weighted by atomic mass is 16.2. The quantitative estimate of drug-likeness (QED) is 0.871. The molecule has 0 spiro atoms. The molecule has 1 N–H and O–H groups in total. The highest BCUT2D eigenvalue weighted by Gasteiger charge is 2.43. The molecular weight excluding hydrogens is 306 g/mol. The van der Waals surface area contributed by atoms with Crippen LogP contribution in [0.4, 0.5) is 5.95 Å². The lowest BCUT2D eigenvalue weighted by Crippen LogP contribution is -2.47. The normalized spacial score (nSPS) is 22.8. The van der Waals surface area contributed by atoms with E-state index >= 15 is 0 Å². The molecule has 8 nitrogen and oxygen atoms in total. The predicted octanol–water partition coefficient (Wildman–Crippen LogP) is 0.407. The van der Waals surface area contributed by atoms with Crippen molar-refractivity contribution in [1.82, 2.24) is 29.7 Å². The summed E-state index contributed by atoms with van der Waals surface area (Å²) in [4.78, 5) is 33.6. The van der Waals surface area contributed by atoms with Gasteiger partial charge in [0.1, 0.15) is 0 Å². The summed E-state index contributed by atoms with van der Waals surface area (Å²) in [6.45, 7) is 2.24. The maximum atomic E-state index is 12.6. The van der Waals surface area contributed by atoms with Crippen molar-refractivity contribution in [2.24, 2.45) is 0 Å². The second-order valence-corrected chi connectivity index (χ2v) is 6.29. The Morgan fingerprint density at radius 1 is 1.17 bits per heavy atom. The lowest BCUT2D eigenvalue weighted by Gasteiger charge is -2.31. The monoisotopic (exact) mass is 325 g/mol. The third-order valence-corrected chi connectivity index (χ3v) is 4.72. The molecule has 24 heavy (non-hydrogen) atoms. The van der Waals surface area contributed by atoms with Gasteiger partial charge in [-0.05, 0) is 13.5 Å². The van der Waals surface area contributed by atoms with E-state index in [1.807, 2.05) is 4.90 Å². The molecule has 2 aliphatic rings. The molecule has 124 valence electrons. The number of rotatable bonds is 4. The first-order valence-corrected chi connectivity index (χ1v) is 8.03. The standard InChI is InChI=1S/C16H19N7O/c1-22-9-14-4-13(22)10-23(14)15(24)11-5-19-16(20-6-11)21-8-12-7-17-2-3-18-12/h2-3,5-7,13-14H,4,8-10H2,1H3,(H,19,20,21)/t13-,14-/m0/s1. The molecule has 0 aromatic carbocycles. The van der Waals surface area contributed by atoms with Crippen molar-refractivity contribution in [3.8, 4) is 0 Å². The Morgan fingerprint density at radius 3 is 2.62 bits per heavy atom. The Bertz CT molecular complexity index is 719. The second-order valence-electron chi connectivity index (χ2n) is 6.29. The number of nitrogens with one attached hydrogen (secondary N) is 1. The number of nitrogens with zero attached hydrogens (tertiary/aromatic N) is 6. The summed E-state index contributed by atoms with van der Waals surface area (Å²) < 4.78 is 0. The van der Waals surface area contributed by atoms with E-state index in [0.29, 0.717) is 30.1 Å². The fourth-order valence-corrected chi connectivity index (χ4v) is 3.40. The predicted molar refractivity (Wildman–Crippen MR) is 87.3 cm³/mol. The minimum atomic E-state index is 0.0241. The van der Waals surface area contributed by atoms with Gasteiger partial charge < -0.3 is 10.2 Å². The summed E-state index contributed by atoms with van der Waals surface area (Å²) in [6, 6.07) is 0.815. The second kappa shape index (κ2) is 6.12. The average Bonchev–Trinajstić information content (AvgIpc) is 3.20. The first-order valence-electron chi connectivity index (χ1n) is 8.03. The van der Waals surface area contributed by atoms with Crippen LogP contribution in [0.25, 0.3) is 0 Å². The number of anilines is 1. The topological polar surface area (TPSA) is 87.1 Å². The van der Waals surface area contributed by atoms with E-state index in [1.54, 1.807) is 31.0 Å². The first kappa shape index (κ1) is 14.9. The fraction of sp³-hybridized carbons (Fsp3) is 0.438. The van der Waals surface area contributed by atoms with Crippen molar-refractivity contribution in [3.05, 3.63) is 42.2 Å². The molecule has 4 rings (SSSR count). The third-order valence-electron chi connectivity index (χ3n) is 4.72. The van der Waals surface area contributed by atoms with Gasteiger partial charge in [-0.2, -0.15) is 0 Å². The zero-order chi connectivity index (χ0) is 16.5. The zero-order valence-electron chi connectivity index (χ0n) is 13.5. The Morgan fingerprint density at radius 2 is 2.00 bits per heavy atom. The minimum Gasteiger partial charge on any atom is -0.349 e. The van der Waals surface area contributed by atoms with Gasteiger partial charge in [-0.3, -0.25) is 19.7 Å². The molecule has 0 unspecified atom stereocenters. The number of carbonyl (C=O) groups excluding carboxylic acids is 1. The van der Waals surface area contributed by atoms with Gasteiger partial charge in [-0.25, -0.2) is 9.97 Å². The molecule has 2 bridgehead atoms. The summed E-state index contributed by atoms with van der Waals surface area (Å²) in [7, 11) is 2.12. The van der Waals surface area contributed by atoms with E-state index in [9.17, 15) is 4.79 Å². The summed E-state index contributed by atoms with van der Waals surface area (Å²) in [5.74, 6) is 0.496. The molecule has 8 heteroatoms. The van der Waals surface area contributed by atoms with Gasteiger partial charge in [0, 0.05) is 50.0 Å². The van der Waals surface area contributed by atoms with Gasteiger partial charge in [-0.15, -0.1) is 0 Å². The van der Waals surface area contributed by atoms with Crippen molar-refractivity contribution in [1.29, 1.82) is 0 Å². The summed E-state index contributed by atoms with van der Waals surface area (Å²) >= 11 is 0. The van der Waals surface area contributed by atoms with Crippen LogP contribution in [0.5, 0.6) is 0 Å². The van der Waals surface area contributed by atoms with Crippen LogP contribution in [0.3, 0.4) is 0 Å². The number of likely N-dealkylation sites (tertiary alicyclic amines) is 2. The Balaban J connectivity index is 1.38. The number of hydrogen-bond acceptors (Lipinski definition) is 7. The Hall–Kier alpha value is -2.61. The van der Waals surface area contributed by atoms with Gasteiger partial charge in [0.05, 0.1) is 24.0 Å². The van der Waals surface area contributed by atoms with Crippen LogP contribution in [0.1, 0.15) is 22.5 Å². The maximum absolute atomic E-state index is 12.6. The molecule has 2 saturated heterocycles. The molecule has 2 aromatic heterocycles. The van der Waals surface area contributed by atoms with E-state index in [4.69, 9.17) is 0 Å². The molecular formula is C16H19N7O. The van der Waals surface area contributed by atoms with Gasteiger partial charge in [0.2, 0.25) is 5.95 Å². The lowest BCUT2D eigenvalue weighted by molar-refractivity contribution is 0.0649. The summed E-state index contributed by atoms with van der Waals surface area (Å²) in [6.07, 6.45) is 9.20. The lowest BCUT2D eigenvalue weighted by atomic mass is 10.2. The van der Waals surface area contributed by atoms with Crippen LogP contribution in [0.15, 0.2) is 31.0 Å². The highest BCUT2D eigenvalue weighted by Crippen LogP contribution is 2.30. The van der Waals surface area contributed by atoms with Gasteiger partial charge in [0.15, 0.2) is 0 Å². The van der Waals surface area contributed by atoms with Crippen LogP contribution in [0.2, 0.25) is 0 Å². The molecule has 2 atom stereocenters. The van der Waals surface area contributed by atoms with Crippen LogP contribution < -0.4 is 5.32 Å². The van der Waals surface area contributed by atoms with Crippen molar-refractivity contribution in [2.45, 2.75) is 25.0 Å². The fourth-order valence-electron chi connectivity index (χ4n) is 3.40. The van der Waals surface area contributed by atoms with E-state index < -0.39 is 0 Å². The van der Waals surface area contributed by atoms with Crippen LogP contribution in [-0.4, -0.2) is 67.9 Å². The van der Waals surface area contributed by atoms with Gasteiger partial charge in [0.25, 0.3) is 5.91 Å². The van der Waals surface area contributed by atoms with E-state index in [0.717, 1.165) is 25.2 Å². The van der Waals surface area contributed by atoms with Crippen molar-refractivity contribution >= 4 is 11.9 Å². The van der Waals surface area contributed by atoms with Crippen LogP contribution >= 0.6 is 0 Å². The summed E-state index contributed by atoms with van der Waals surface area (Å²) in [5.41, 5.74) is 1.34. The van der Waals surface area contributed by atoms with E-state index in [-0.39, 0.29) is 5.91 Å². The number of hydrogen-bond donors (Lipinski definition) is 1. The molecule has 0 radical (unpaired) electrons. The highest BCUT2D eigenvalue weighted by molar-refractivity contribution is 5.94. The SMILES string of the molecule is CN1C[C@@H]2C[C@H]1CN2C(=O)c1cnc(NCc2cnccn2)nc1. The molecule has 4 heterocycles. The van der Waals surface area contributed by atoms with E-state index in [1.165, 1.54) is 0 Å². The number of likely N-dealkylation sites (N-methyl/N-ethyl adjacent to an activating group) is 1. The maximum Gasteiger partial charge on any atom is 0.257 e. The average molecular weight is 325 g/mol. The molecule has 0 saturated carbocycles. The number of carbonyl (C=O) groups is 1. The number of amides is 1. The van der Waals surface area contributed by atoms with Gasteiger partial charge in [-0.1, -0.05) is 0 Å². The number of aromatic nitrogens is 4. The van der Waals surface area contributed by atoms with Crippen LogP contribution in [0, 0.1) is 0 Å². The minimum absolute atomic E-state index is 0.0241. The molecule has 1 amide bonds. The number of piperazine rings is 1. The smallest absolute Gasteiger partial charge is 0.257 e. The molecule has 2 aliphatic heterocycles. The van der Waals surface area contributed by atoms with Crippen LogP contribution in [-0.2, 0) is 6.54 Å². The number of fused-ring (bicyclic) bond motifs is 2. The third kappa shape index (κ3) is 2.80. The van der Waals surface area contributed by atoms with E-state index in [2.05, 4.69) is 37.2 Å². The Labute approximate surface area is 140 Å². The molecule has 2 fully saturated rings. The van der Waals surface area contributed by atoms with Crippen molar-refractivity contribution in [3.63, 3.8) is 0 Å². The van der Waals surface area contributed by atoms with Crippen molar-refractivity contribution in [2.75, 3.05) is 25.5 Å². The van der Waals surface area contributed by atoms with Crippen molar-refractivity contribution < 1.29 is 4.79 Å². The summed E-state index contributed by atoms with van der Waals surface area (Å²) in [5, 5.41) is 3.07.